The van der Waals surface area contributed by atoms with E-state index in [1.54, 1.807) is 0 Å². The molecule has 0 radical (unpaired) electrons. The van der Waals surface area contributed by atoms with Crippen LogP contribution in [0.1, 0.15) is 12.8 Å². The Hall–Kier alpha value is -0.120. The normalized spacial score (nSPS) is 9.75. The molecule has 0 fully saturated rings. The number of nitrogens with two attached hydrogens (primary N) is 1. The van der Waals surface area contributed by atoms with Crippen LogP contribution in [-0.2, 0) is 0 Å². The van der Waals surface area contributed by atoms with Gasteiger partial charge < -0.3 is 10.8 Å². The Bertz CT molecular complexity index is 35.4. The molecular formula is C5H14N2O. The third-order valence-electron chi connectivity index (χ3n) is 0.919. The van der Waals surface area contributed by atoms with E-state index >= 15 is 0 Å². The Morgan fingerprint density at radius 1 is 1.38 bits per heavy atom. The molecule has 0 heterocycles. The molecule has 0 unspecified atom stereocenters. The van der Waals surface area contributed by atoms with Crippen LogP contribution in [0.25, 0.3) is 0 Å². The van der Waals surface area contributed by atoms with E-state index in [-0.39, 0.29) is 6.73 Å². The van der Waals surface area contributed by atoms with Crippen molar-refractivity contribution in [1.29, 1.82) is 0 Å². The molecule has 0 aromatic carbocycles. The highest BCUT2D eigenvalue weighted by Crippen LogP contribution is 1.80. The molecule has 0 atom stereocenters. The monoisotopic (exact) mass is 118 g/mol. The largest absolute Gasteiger partial charge is 0.381 e. The van der Waals surface area contributed by atoms with Gasteiger partial charge in [0.1, 0.15) is 0 Å². The Labute approximate surface area is 49.9 Å². The topological polar surface area (TPSA) is 58.3 Å². The van der Waals surface area contributed by atoms with Crippen LogP contribution in [0.15, 0.2) is 0 Å². The minimum absolute atomic E-state index is 0.0740. The van der Waals surface area contributed by atoms with Gasteiger partial charge in [-0.25, -0.2) is 0 Å². The highest BCUT2D eigenvalue weighted by Gasteiger charge is 1.82. The van der Waals surface area contributed by atoms with Gasteiger partial charge in [0, 0.05) is 0 Å². The highest BCUT2D eigenvalue weighted by molar-refractivity contribution is 4.42. The van der Waals surface area contributed by atoms with Gasteiger partial charge in [-0.2, -0.15) is 0 Å². The molecule has 0 aromatic heterocycles. The summed E-state index contributed by atoms with van der Waals surface area (Å²) in [6, 6.07) is 0. The maximum absolute atomic E-state index is 8.22. The van der Waals surface area contributed by atoms with E-state index in [4.69, 9.17) is 10.8 Å². The fourth-order valence-electron chi connectivity index (χ4n) is 0.473. The smallest absolute Gasteiger partial charge is 0.0931 e. The second kappa shape index (κ2) is 6.88. The first-order valence-electron chi connectivity index (χ1n) is 2.93. The first-order valence-corrected chi connectivity index (χ1v) is 2.93. The van der Waals surface area contributed by atoms with E-state index in [2.05, 4.69) is 5.32 Å². The molecule has 0 aromatic rings. The van der Waals surface area contributed by atoms with Crippen molar-refractivity contribution in [1.82, 2.24) is 5.32 Å². The van der Waals surface area contributed by atoms with Crippen molar-refractivity contribution in [2.45, 2.75) is 12.8 Å². The molecule has 0 aliphatic heterocycles. The third-order valence-corrected chi connectivity index (χ3v) is 0.919. The molecule has 0 saturated heterocycles. The van der Waals surface area contributed by atoms with E-state index in [0.29, 0.717) is 0 Å². The number of aliphatic hydroxyl groups excluding tert-OH is 1. The maximum Gasteiger partial charge on any atom is 0.0931 e. The molecule has 3 heteroatoms. The lowest BCUT2D eigenvalue weighted by Gasteiger charge is -1.96. The van der Waals surface area contributed by atoms with Crippen LogP contribution < -0.4 is 11.1 Å². The van der Waals surface area contributed by atoms with Crippen LogP contribution in [0.3, 0.4) is 0 Å². The van der Waals surface area contributed by atoms with Crippen molar-refractivity contribution >= 4 is 0 Å². The van der Waals surface area contributed by atoms with Gasteiger partial charge in [0.05, 0.1) is 6.73 Å². The van der Waals surface area contributed by atoms with Crippen molar-refractivity contribution < 1.29 is 5.11 Å². The van der Waals surface area contributed by atoms with Gasteiger partial charge in [-0.3, -0.25) is 5.32 Å². The van der Waals surface area contributed by atoms with E-state index in [9.17, 15) is 0 Å². The van der Waals surface area contributed by atoms with Crippen LogP contribution >= 0.6 is 0 Å². The fraction of sp³-hybridized carbons (Fsp3) is 1.00. The van der Waals surface area contributed by atoms with Gasteiger partial charge in [-0.05, 0) is 25.9 Å². The van der Waals surface area contributed by atoms with E-state index in [1.165, 1.54) is 0 Å². The molecular weight excluding hydrogens is 104 g/mol. The van der Waals surface area contributed by atoms with Gasteiger partial charge in [-0.15, -0.1) is 0 Å². The van der Waals surface area contributed by atoms with Crippen LogP contribution in [0.2, 0.25) is 0 Å². The van der Waals surface area contributed by atoms with Crippen LogP contribution in [0.4, 0.5) is 0 Å². The van der Waals surface area contributed by atoms with Gasteiger partial charge in [0.15, 0.2) is 0 Å². The zero-order valence-corrected chi connectivity index (χ0v) is 5.06. The average Bonchev–Trinajstić information content (AvgIpc) is 1.81. The number of unbranched alkanes of at least 4 members (excludes halogenated alkanes) is 1. The highest BCUT2D eigenvalue weighted by atomic mass is 16.3. The lowest BCUT2D eigenvalue weighted by atomic mass is 10.3. The SMILES string of the molecule is NCCCCNCO. The Morgan fingerprint density at radius 2 is 2.12 bits per heavy atom. The summed E-state index contributed by atoms with van der Waals surface area (Å²) in [5.41, 5.74) is 5.22. The van der Waals surface area contributed by atoms with Crippen LogP contribution in [0.5, 0.6) is 0 Å². The maximum atomic E-state index is 8.22. The van der Waals surface area contributed by atoms with Gasteiger partial charge >= 0.3 is 0 Å². The second-order valence-corrected chi connectivity index (χ2v) is 1.65. The summed E-state index contributed by atoms with van der Waals surface area (Å²) in [4.78, 5) is 0. The summed E-state index contributed by atoms with van der Waals surface area (Å²) in [5, 5.41) is 11.0. The minimum Gasteiger partial charge on any atom is -0.381 e. The summed E-state index contributed by atoms with van der Waals surface area (Å²) < 4.78 is 0. The zero-order valence-electron chi connectivity index (χ0n) is 5.06. The number of hydrogen-bond donors (Lipinski definition) is 3. The van der Waals surface area contributed by atoms with Crippen molar-refractivity contribution in [2.75, 3.05) is 19.8 Å². The number of aliphatic hydroxyl groups is 1. The lowest BCUT2D eigenvalue weighted by Crippen LogP contribution is -2.16. The fourth-order valence-corrected chi connectivity index (χ4v) is 0.473. The lowest BCUT2D eigenvalue weighted by molar-refractivity contribution is 0.260. The summed E-state index contributed by atoms with van der Waals surface area (Å²) in [6.45, 7) is 1.69. The minimum atomic E-state index is 0.0740. The summed E-state index contributed by atoms with van der Waals surface area (Å²) >= 11 is 0. The number of nitrogens with one attached hydrogen (secondary N) is 1. The molecule has 0 bridgehead atoms. The van der Waals surface area contributed by atoms with E-state index < -0.39 is 0 Å². The van der Waals surface area contributed by atoms with Crippen molar-refractivity contribution in [3.05, 3.63) is 0 Å². The predicted octanol–water partition coefficient (Wildman–Crippen LogP) is -0.735. The van der Waals surface area contributed by atoms with E-state index in [0.717, 1.165) is 25.9 Å². The first kappa shape index (κ1) is 7.88. The number of rotatable bonds is 5. The van der Waals surface area contributed by atoms with Gasteiger partial charge in [0.2, 0.25) is 0 Å². The molecule has 8 heavy (non-hydrogen) atoms. The molecule has 50 valence electrons. The van der Waals surface area contributed by atoms with Crippen molar-refractivity contribution in [3.63, 3.8) is 0 Å². The number of hydrogen-bond acceptors (Lipinski definition) is 3. The summed E-state index contributed by atoms with van der Waals surface area (Å²) in [5.74, 6) is 0. The Morgan fingerprint density at radius 3 is 2.62 bits per heavy atom. The second-order valence-electron chi connectivity index (χ2n) is 1.65. The van der Waals surface area contributed by atoms with E-state index in [1.807, 2.05) is 0 Å². The zero-order chi connectivity index (χ0) is 6.24. The van der Waals surface area contributed by atoms with Crippen molar-refractivity contribution in [2.24, 2.45) is 5.73 Å². The quantitative estimate of drug-likeness (QED) is 0.329. The third kappa shape index (κ3) is 5.88. The molecule has 4 N–H and O–H groups in total. The van der Waals surface area contributed by atoms with Crippen LogP contribution in [0, 0.1) is 0 Å². The molecule has 0 aliphatic carbocycles. The molecule has 0 spiro atoms. The molecule has 0 aliphatic rings. The average molecular weight is 118 g/mol. The molecule has 0 amide bonds. The molecule has 0 rings (SSSR count). The summed E-state index contributed by atoms with van der Waals surface area (Å²) in [6.07, 6.45) is 2.09. The van der Waals surface area contributed by atoms with Crippen LogP contribution in [-0.4, -0.2) is 24.9 Å². The summed E-state index contributed by atoms with van der Waals surface area (Å²) in [7, 11) is 0. The molecule has 3 nitrogen and oxygen atoms in total. The van der Waals surface area contributed by atoms with Gasteiger partial charge in [0.25, 0.3) is 0 Å². The molecule has 0 saturated carbocycles. The first-order chi connectivity index (χ1) is 3.91. The Balaban J connectivity index is 2.53. The Kier molecular flexibility index (Phi) is 6.78. The predicted molar refractivity (Wildman–Crippen MR) is 33.4 cm³/mol. The van der Waals surface area contributed by atoms with Gasteiger partial charge in [-0.1, -0.05) is 0 Å². The standard InChI is InChI=1S/C5H14N2O/c6-3-1-2-4-7-5-8/h7-8H,1-6H2. The van der Waals surface area contributed by atoms with Crippen molar-refractivity contribution in [3.8, 4) is 0 Å².